The number of nitrogens with one attached hydrogen (secondary N) is 2. The molecule has 8 nitrogen and oxygen atoms in total. The van der Waals surface area contributed by atoms with Crippen LogP contribution in [0, 0.1) is 5.92 Å². The van der Waals surface area contributed by atoms with E-state index in [2.05, 4.69) is 10.6 Å². The molecule has 2 atom stereocenters. The summed E-state index contributed by atoms with van der Waals surface area (Å²) in [5.74, 6) is 2.62. The summed E-state index contributed by atoms with van der Waals surface area (Å²) in [5.41, 5.74) is 0. The maximum absolute atomic E-state index is 12.3. The Morgan fingerprint density at radius 1 is 1.12 bits per heavy atom. The number of hydrogen-bond donors (Lipinski definition) is 3. The van der Waals surface area contributed by atoms with Gasteiger partial charge in [0, 0.05) is 60.8 Å². The quantitative estimate of drug-likeness (QED) is 0.0960. The molecule has 0 aliphatic carbocycles. The summed E-state index contributed by atoms with van der Waals surface area (Å²) in [5, 5.41) is 6.72. The van der Waals surface area contributed by atoms with Gasteiger partial charge in [0.05, 0.1) is 32.9 Å². The standard InChI is InChI=1S/C22H43N3O5S4/c1-19(22(27)24-11-6-13-25(2,3)14-7-17-34(28,29)30)18-31-16-12-23-21(26)9-5-4-8-20-10-15-32-33-20/h19-20H,4-18H2,1-3H3,(H2-,23,24,26,27,28,29,30)/p+1. The van der Waals surface area contributed by atoms with Crippen LogP contribution in [0.2, 0.25) is 0 Å². The lowest BCUT2D eigenvalue weighted by Gasteiger charge is -2.29. The number of quaternary nitrogens is 1. The van der Waals surface area contributed by atoms with Crippen LogP contribution < -0.4 is 10.6 Å². The lowest BCUT2D eigenvalue weighted by atomic mass is 10.1. The number of amides is 2. The highest BCUT2D eigenvalue weighted by Gasteiger charge is 2.18. The van der Waals surface area contributed by atoms with Crippen molar-refractivity contribution in [2.45, 2.75) is 57.1 Å². The average Bonchev–Trinajstić information content (AvgIpc) is 3.26. The molecule has 0 aromatic carbocycles. The summed E-state index contributed by atoms with van der Waals surface area (Å²) in [7, 11) is 4.07. The van der Waals surface area contributed by atoms with Crippen LogP contribution in [0.4, 0.5) is 0 Å². The summed E-state index contributed by atoms with van der Waals surface area (Å²) in [6.07, 6.45) is 6.41. The first-order valence-corrected chi connectivity index (χ1v) is 17.3. The van der Waals surface area contributed by atoms with Gasteiger partial charge in [-0.05, 0) is 19.3 Å². The molecule has 1 aliphatic heterocycles. The highest BCUT2D eigenvalue weighted by Crippen LogP contribution is 2.39. The fraction of sp³-hybridized carbons (Fsp3) is 0.909. The topological polar surface area (TPSA) is 113 Å². The van der Waals surface area contributed by atoms with Crippen LogP contribution in [-0.4, -0.2) is 97.8 Å². The van der Waals surface area contributed by atoms with Crippen LogP contribution >= 0.6 is 33.3 Å². The van der Waals surface area contributed by atoms with Gasteiger partial charge in [-0.15, -0.1) is 0 Å². The third-order valence-electron chi connectivity index (χ3n) is 5.70. The molecule has 12 heteroatoms. The predicted octanol–water partition coefficient (Wildman–Crippen LogP) is 3.05. The van der Waals surface area contributed by atoms with Crippen molar-refractivity contribution in [3.05, 3.63) is 0 Å². The molecule has 0 spiro atoms. The number of rotatable bonds is 19. The zero-order chi connectivity index (χ0) is 25.5. The number of carbonyl (C=O) groups excluding carboxylic acids is 2. The first-order valence-electron chi connectivity index (χ1n) is 12.2. The highest BCUT2D eigenvalue weighted by molar-refractivity contribution is 8.77. The van der Waals surface area contributed by atoms with E-state index in [1.807, 2.05) is 42.6 Å². The van der Waals surface area contributed by atoms with E-state index in [9.17, 15) is 18.0 Å². The van der Waals surface area contributed by atoms with Gasteiger partial charge in [0.25, 0.3) is 10.1 Å². The number of carbonyl (C=O) groups is 2. The van der Waals surface area contributed by atoms with Gasteiger partial charge in [-0.2, -0.15) is 20.2 Å². The van der Waals surface area contributed by atoms with Crippen molar-refractivity contribution in [1.29, 1.82) is 0 Å². The normalized spacial score (nSPS) is 17.5. The highest BCUT2D eigenvalue weighted by atomic mass is 33.1. The zero-order valence-electron chi connectivity index (χ0n) is 20.9. The Hall–Kier alpha value is -0.140. The van der Waals surface area contributed by atoms with E-state index in [1.54, 1.807) is 11.8 Å². The minimum absolute atomic E-state index is 0.0343. The van der Waals surface area contributed by atoms with Crippen molar-refractivity contribution in [3.63, 3.8) is 0 Å². The van der Waals surface area contributed by atoms with Crippen LogP contribution in [0.3, 0.4) is 0 Å². The van der Waals surface area contributed by atoms with Crippen molar-refractivity contribution >= 4 is 55.3 Å². The second-order valence-electron chi connectivity index (χ2n) is 9.57. The summed E-state index contributed by atoms with van der Waals surface area (Å²) in [6.45, 7) is 4.60. The molecular formula is C22H44N3O5S4+. The molecule has 0 bridgehead atoms. The van der Waals surface area contributed by atoms with E-state index in [-0.39, 0.29) is 23.5 Å². The molecule has 200 valence electrons. The van der Waals surface area contributed by atoms with Gasteiger partial charge in [-0.3, -0.25) is 14.1 Å². The molecule has 0 saturated carbocycles. The molecule has 0 aromatic heterocycles. The van der Waals surface area contributed by atoms with Gasteiger partial charge in [-0.25, -0.2) is 0 Å². The van der Waals surface area contributed by atoms with Crippen molar-refractivity contribution in [2.75, 3.05) is 63.3 Å². The SMILES string of the molecule is CC(CSCCNC(=O)CCCCC1CCSS1)C(=O)NCCC[N+](C)(C)CCCS(=O)(=O)O. The number of nitrogens with zero attached hydrogens (tertiary/aromatic N) is 1. The third-order valence-corrected chi connectivity index (χ3v) is 10.7. The lowest BCUT2D eigenvalue weighted by Crippen LogP contribution is -2.43. The lowest BCUT2D eigenvalue weighted by molar-refractivity contribution is -0.890. The molecule has 2 amide bonds. The van der Waals surface area contributed by atoms with E-state index >= 15 is 0 Å². The maximum atomic E-state index is 12.3. The minimum atomic E-state index is -3.91. The Morgan fingerprint density at radius 2 is 1.85 bits per heavy atom. The van der Waals surface area contributed by atoms with Crippen molar-refractivity contribution in [2.24, 2.45) is 5.92 Å². The Bertz CT molecular complexity index is 701. The van der Waals surface area contributed by atoms with Crippen molar-refractivity contribution in [3.8, 4) is 0 Å². The van der Waals surface area contributed by atoms with E-state index < -0.39 is 10.1 Å². The summed E-state index contributed by atoms with van der Waals surface area (Å²) >= 11 is 1.68. The fourth-order valence-corrected chi connectivity index (χ4v) is 8.03. The molecule has 0 radical (unpaired) electrons. The summed E-state index contributed by atoms with van der Waals surface area (Å²) < 4.78 is 31.1. The molecule has 1 saturated heterocycles. The molecule has 34 heavy (non-hydrogen) atoms. The first kappa shape index (κ1) is 31.9. The van der Waals surface area contributed by atoms with Gasteiger partial charge in [0.15, 0.2) is 0 Å². The summed E-state index contributed by atoms with van der Waals surface area (Å²) in [6, 6.07) is 0. The smallest absolute Gasteiger partial charge is 0.265 e. The van der Waals surface area contributed by atoms with Crippen LogP contribution in [0.1, 0.15) is 51.9 Å². The average molecular weight is 559 g/mol. The Balaban J connectivity index is 1.99. The van der Waals surface area contributed by atoms with E-state index in [4.69, 9.17) is 4.55 Å². The molecule has 0 aromatic rings. The molecule has 1 heterocycles. The second-order valence-corrected chi connectivity index (χ2v) is 15.1. The maximum Gasteiger partial charge on any atom is 0.265 e. The zero-order valence-corrected chi connectivity index (χ0v) is 24.2. The Morgan fingerprint density at radius 3 is 2.53 bits per heavy atom. The van der Waals surface area contributed by atoms with E-state index in [0.29, 0.717) is 37.0 Å². The van der Waals surface area contributed by atoms with Crippen LogP contribution in [0.15, 0.2) is 0 Å². The number of unbranched alkanes of at least 4 members (excludes halogenated alkanes) is 1. The molecule has 1 fully saturated rings. The van der Waals surface area contributed by atoms with Crippen LogP contribution in [0.5, 0.6) is 0 Å². The van der Waals surface area contributed by atoms with Gasteiger partial charge < -0.3 is 15.1 Å². The third kappa shape index (κ3) is 17.3. The van der Waals surface area contributed by atoms with Crippen molar-refractivity contribution < 1.29 is 27.0 Å². The van der Waals surface area contributed by atoms with Gasteiger partial charge >= 0.3 is 0 Å². The second kappa shape index (κ2) is 17.3. The summed E-state index contributed by atoms with van der Waals surface area (Å²) in [4.78, 5) is 24.2. The molecule has 1 rings (SSSR count). The fourth-order valence-electron chi connectivity index (χ4n) is 3.59. The Kier molecular flexibility index (Phi) is 16.3. The Labute approximate surface area is 218 Å². The first-order chi connectivity index (χ1) is 16.0. The van der Waals surface area contributed by atoms with Gasteiger partial charge in [0.2, 0.25) is 11.8 Å². The number of thioether (sulfide) groups is 1. The predicted molar refractivity (Wildman–Crippen MR) is 147 cm³/mol. The minimum Gasteiger partial charge on any atom is -0.356 e. The van der Waals surface area contributed by atoms with E-state index in [0.717, 1.165) is 42.6 Å². The van der Waals surface area contributed by atoms with Crippen LogP contribution in [-0.2, 0) is 19.7 Å². The van der Waals surface area contributed by atoms with Crippen LogP contribution in [0.25, 0.3) is 0 Å². The molecular weight excluding hydrogens is 515 g/mol. The molecule has 1 aliphatic rings. The number of hydrogen-bond acceptors (Lipinski definition) is 7. The largest absolute Gasteiger partial charge is 0.356 e. The molecule has 2 unspecified atom stereocenters. The van der Waals surface area contributed by atoms with Crippen molar-refractivity contribution in [1.82, 2.24) is 10.6 Å². The molecule has 3 N–H and O–H groups in total. The van der Waals surface area contributed by atoms with Gasteiger partial charge in [0.1, 0.15) is 0 Å². The van der Waals surface area contributed by atoms with E-state index in [1.165, 1.54) is 18.6 Å². The monoisotopic (exact) mass is 558 g/mol. The van der Waals surface area contributed by atoms with Gasteiger partial charge in [-0.1, -0.05) is 34.9 Å².